The molecule has 0 saturated carbocycles. The monoisotopic (exact) mass is 630 g/mol. The Kier molecular flexibility index (Phi) is 18.0. The summed E-state index contributed by atoms with van der Waals surface area (Å²) in [5, 5.41) is 14.8. The third-order valence-corrected chi connectivity index (χ3v) is 6.64. The van der Waals surface area contributed by atoms with E-state index in [1.165, 1.54) is 25.6 Å². The van der Waals surface area contributed by atoms with E-state index >= 15 is 0 Å². The van der Waals surface area contributed by atoms with E-state index in [0.717, 1.165) is 30.7 Å². The van der Waals surface area contributed by atoms with E-state index < -0.39 is 47.9 Å². The highest BCUT2D eigenvalue weighted by atomic mass is 32.2. The van der Waals surface area contributed by atoms with E-state index in [2.05, 4.69) is 51.1 Å². The van der Waals surface area contributed by atoms with Crippen molar-refractivity contribution in [2.45, 2.75) is 64.6 Å². The third kappa shape index (κ3) is 19.3. The molecule has 0 rings (SSSR count). The van der Waals surface area contributed by atoms with Crippen molar-refractivity contribution in [1.82, 2.24) is 10.6 Å². The minimum Gasteiger partial charge on any atom is -0.488 e. The molecule has 43 heavy (non-hydrogen) atoms. The van der Waals surface area contributed by atoms with Gasteiger partial charge in [0.25, 0.3) is 0 Å². The lowest BCUT2D eigenvalue weighted by Gasteiger charge is -2.30. The lowest BCUT2D eigenvalue weighted by atomic mass is 9.91. The van der Waals surface area contributed by atoms with Crippen molar-refractivity contribution in [3.05, 3.63) is 37.6 Å². The Bertz CT molecular complexity index is 956. The van der Waals surface area contributed by atoms with E-state index in [-0.39, 0.29) is 43.4 Å². The first kappa shape index (κ1) is 39.5. The van der Waals surface area contributed by atoms with Crippen molar-refractivity contribution in [3.63, 3.8) is 0 Å². The maximum absolute atomic E-state index is 12.7. The van der Waals surface area contributed by atoms with Crippen LogP contribution >= 0.6 is 11.8 Å². The number of amides is 2. The zero-order valence-corrected chi connectivity index (χ0v) is 26.5. The molecule has 0 aromatic rings. The maximum Gasteiger partial charge on any atom is 0.408 e. The lowest BCUT2D eigenvalue weighted by Crippen LogP contribution is -2.54. The number of rotatable bonds is 21. The highest BCUT2D eigenvalue weighted by molar-refractivity contribution is 7.99. The number of carbonyl (C=O) groups is 5. The Labute approximate surface area is 257 Å². The normalized spacial score (nSPS) is 13.3. The van der Waals surface area contributed by atoms with Crippen molar-refractivity contribution >= 4 is 42.2 Å². The molecule has 14 heteroatoms. The number of aldehydes is 1. The maximum atomic E-state index is 12.7. The fraction of sp³-hybridized carbons (Fsp3) is 0.621. The number of ether oxygens (including phenoxy) is 5. The minimum atomic E-state index is -1.38. The highest BCUT2D eigenvalue weighted by Gasteiger charge is 2.32. The molecule has 13 nitrogen and oxygen atoms in total. The van der Waals surface area contributed by atoms with E-state index in [0.29, 0.717) is 6.29 Å². The first-order chi connectivity index (χ1) is 20.0. The average Bonchev–Trinajstić information content (AvgIpc) is 2.95. The van der Waals surface area contributed by atoms with Gasteiger partial charge in [0.1, 0.15) is 38.1 Å². The summed E-state index contributed by atoms with van der Waals surface area (Å²) in [5.74, 6) is -0.637. The molecule has 0 aliphatic carbocycles. The summed E-state index contributed by atoms with van der Waals surface area (Å²) in [6.45, 7) is 17.5. The van der Waals surface area contributed by atoms with Gasteiger partial charge in [-0.1, -0.05) is 40.5 Å². The Morgan fingerprint density at radius 3 is 1.88 bits per heavy atom. The zero-order valence-electron chi connectivity index (χ0n) is 25.7. The zero-order chi connectivity index (χ0) is 33.1. The van der Waals surface area contributed by atoms with Crippen molar-refractivity contribution in [3.8, 4) is 0 Å². The van der Waals surface area contributed by atoms with Crippen LogP contribution in [0.2, 0.25) is 0 Å². The molecule has 0 fully saturated rings. The van der Waals surface area contributed by atoms with Crippen LogP contribution in [0.5, 0.6) is 0 Å². The first-order valence-corrected chi connectivity index (χ1v) is 14.6. The predicted octanol–water partition coefficient (Wildman–Crippen LogP) is 3.06. The quantitative estimate of drug-likeness (QED) is 0.0423. The molecule has 2 unspecified atom stereocenters. The molecule has 2 amide bonds. The molecule has 2 atom stereocenters. The van der Waals surface area contributed by atoms with Crippen molar-refractivity contribution in [2.24, 2.45) is 5.41 Å². The molecule has 0 bridgehead atoms. The van der Waals surface area contributed by atoms with E-state index in [9.17, 15) is 29.1 Å². The van der Waals surface area contributed by atoms with Gasteiger partial charge in [0.15, 0.2) is 12.0 Å². The summed E-state index contributed by atoms with van der Waals surface area (Å²) >= 11 is 1.50. The average molecular weight is 631 g/mol. The molecule has 0 aromatic heterocycles. The molecule has 0 aliphatic rings. The number of nitrogens with one attached hydrogen (secondary N) is 2. The topological polar surface area (TPSA) is 176 Å². The predicted molar refractivity (Wildman–Crippen MR) is 161 cm³/mol. The Balaban J connectivity index is 5.43. The van der Waals surface area contributed by atoms with Gasteiger partial charge in [0, 0.05) is 17.9 Å². The molecule has 0 saturated heterocycles. The van der Waals surface area contributed by atoms with E-state index in [4.69, 9.17) is 23.7 Å². The van der Waals surface area contributed by atoms with Gasteiger partial charge in [-0.3, -0.25) is 4.79 Å². The van der Waals surface area contributed by atoms with Crippen LogP contribution in [0, 0.1) is 5.41 Å². The van der Waals surface area contributed by atoms with Crippen LogP contribution in [0.3, 0.4) is 0 Å². The van der Waals surface area contributed by atoms with E-state index in [1.54, 1.807) is 0 Å². The number of carbonyl (C=O) groups excluding carboxylic acids is 5. The van der Waals surface area contributed by atoms with Gasteiger partial charge in [0.05, 0.1) is 12.1 Å². The number of aliphatic hydroxyl groups excluding tert-OH is 1. The SMILES string of the molecule is C=CC(=O)OCC(C)(COC(=O)C=C)NC(=O)OCC(CSCCCC(C)(C)C)OC(=O)NC(C)(CO)COC(=C)C=O. The number of aliphatic hydroxyl groups is 1. The van der Waals surface area contributed by atoms with Crippen LogP contribution in [0.25, 0.3) is 0 Å². The van der Waals surface area contributed by atoms with E-state index in [1.807, 2.05) is 0 Å². The highest BCUT2D eigenvalue weighted by Crippen LogP contribution is 2.22. The molecule has 0 aliphatic heterocycles. The smallest absolute Gasteiger partial charge is 0.408 e. The van der Waals surface area contributed by atoms with Crippen LogP contribution in [-0.4, -0.2) is 97.2 Å². The summed E-state index contributed by atoms with van der Waals surface area (Å²) in [5.41, 5.74) is -2.52. The summed E-state index contributed by atoms with van der Waals surface area (Å²) in [7, 11) is 0. The number of hydrogen-bond acceptors (Lipinski definition) is 12. The van der Waals surface area contributed by atoms with Gasteiger partial charge in [-0.15, -0.1) is 0 Å². The molecule has 0 aromatic carbocycles. The summed E-state index contributed by atoms with van der Waals surface area (Å²) in [6, 6.07) is 0. The second kappa shape index (κ2) is 19.6. The number of hydrogen-bond donors (Lipinski definition) is 3. The number of esters is 2. The minimum absolute atomic E-state index is 0.163. The lowest BCUT2D eigenvalue weighted by molar-refractivity contribution is -0.144. The Hall–Kier alpha value is -3.52. The molecule has 3 N–H and O–H groups in total. The number of alkyl carbamates (subject to hydrolysis) is 2. The fourth-order valence-corrected chi connectivity index (χ4v) is 3.96. The largest absolute Gasteiger partial charge is 0.488 e. The van der Waals surface area contributed by atoms with Crippen LogP contribution in [0.1, 0.15) is 47.5 Å². The molecule has 0 spiro atoms. The Morgan fingerprint density at radius 1 is 0.860 bits per heavy atom. The number of allylic oxidation sites excluding steroid dienone is 1. The second-order valence-electron chi connectivity index (χ2n) is 11.4. The second-order valence-corrected chi connectivity index (χ2v) is 12.5. The van der Waals surface area contributed by atoms with Gasteiger partial charge in [-0.25, -0.2) is 19.2 Å². The van der Waals surface area contributed by atoms with Crippen molar-refractivity contribution < 1.29 is 52.8 Å². The third-order valence-electron chi connectivity index (χ3n) is 5.46. The van der Waals surface area contributed by atoms with Gasteiger partial charge in [-0.05, 0) is 37.9 Å². The molecule has 0 heterocycles. The summed E-state index contributed by atoms with van der Waals surface area (Å²) in [4.78, 5) is 59.3. The Morgan fingerprint density at radius 2 is 1.40 bits per heavy atom. The van der Waals surface area contributed by atoms with Crippen molar-refractivity contribution in [2.75, 3.05) is 44.5 Å². The van der Waals surface area contributed by atoms with Crippen LogP contribution in [-0.2, 0) is 38.1 Å². The van der Waals surface area contributed by atoms with Gasteiger partial charge in [-0.2, -0.15) is 11.8 Å². The molecule has 0 radical (unpaired) electrons. The summed E-state index contributed by atoms with van der Waals surface area (Å²) in [6.07, 6.45) is 1.39. The van der Waals surface area contributed by atoms with Gasteiger partial charge in [0.2, 0.25) is 0 Å². The van der Waals surface area contributed by atoms with Crippen LogP contribution < -0.4 is 10.6 Å². The summed E-state index contributed by atoms with van der Waals surface area (Å²) < 4.78 is 26.0. The number of thioether (sulfide) groups is 1. The molecular formula is C29H46N2O11S. The molecule has 244 valence electrons. The van der Waals surface area contributed by atoms with Gasteiger partial charge < -0.3 is 39.4 Å². The standard InChI is InChI=1S/C29H46N2O11S/c1-9-23(34)40-19-29(8,20-41-24(35)10-2)30-25(36)38-15-22(16-43-13-11-12-27(4,5)6)42-26(37)31-28(7,17-33)18-39-21(3)14-32/h9-10,14,22,33H,1-3,11-13,15-20H2,4-8H3,(H,30,36)(H,31,37). The van der Waals surface area contributed by atoms with Crippen LogP contribution in [0.4, 0.5) is 9.59 Å². The van der Waals surface area contributed by atoms with Crippen molar-refractivity contribution in [1.29, 1.82) is 0 Å². The van der Waals surface area contributed by atoms with Crippen LogP contribution in [0.15, 0.2) is 37.6 Å². The first-order valence-electron chi connectivity index (χ1n) is 13.5. The molecular weight excluding hydrogens is 584 g/mol. The van der Waals surface area contributed by atoms with Gasteiger partial charge >= 0.3 is 24.1 Å². The fourth-order valence-electron chi connectivity index (χ4n) is 3.01.